The number of carboxylic acid groups (broad SMARTS) is 1. The molecule has 1 rings (SSSR count). The van der Waals surface area contributed by atoms with Gasteiger partial charge in [0.25, 0.3) is 5.91 Å². The Kier molecular flexibility index (Phi) is 4.66. The molecule has 0 aliphatic heterocycles. The number of hydrogen-bond acceptors (Lipinski definition) is 3. The number of aliphatic hydroxyl groups excluding tert-OH is 1. The van der Waals surface area contributed by atoms with Crippen molar-refractivity contribution in [2.75, 3.05) is 0 Å². The van der Waals surface area contributed by atoms with Crippen molar-refractivity contribution in [1.82, 2.24) is 5.32 Å². The second kappa shape index (κ2) is 6.00. The van der Waals surface area contributed by atoms with Gasteiger partial charge in [0, 0.05) is 0 Å². The van der Waals surface area contributed by atoms with Crippen LogP contribution in [0, 0.1) is 0 Å². The zero-order valence-electron chi connectivity index (χ0n) is 9.46. The molecule has 1 unspecified atom stereocenters. The second-order valence-corrected chi connectivity index (χ2v) is 3.62. The predicted molar refractivity (Wildman–Crippen MR) is 61.3 cm³/mol. The van der Waals surface area contributed by atoms with Gasteiger partial charge >= 0.3 is 5.97 Å². The maximum atomic E-state index is 11.6. The summed E-state index contributed by atoms with van der Waals surface area (Å²) in [5.41, 5.74) is 0.435. The number of aliphatic carboxylic acids is 1. The van der Waals surface area contributed by atoms with Gasteiger partial charge in [-0.15, -0.1) is 0 Å². The van der Waals surface area contributed by atoms with Crippen LogP contribution < -0.4 is 5.32 Å². The highest BCUT2D eigenvalue weighted by Crippen LogP contribution is 2.12. The lowest BCUT2D eigenvalue weighted by Gasteiger charge is -2.15. The van der Waals surface area contributed by atoms with Crippen LogP contribution in [0.5, 0.6) is 0 Å². The first kappa shape index (κ1) is 13.2. The maximum Gasteiger partial charge on any atom is 0.326 e. The third kappa shape index (κ3) is 3.57. The molecule has 0 spiro atoms. The van der Waals surface area contributed by atoms with Gasteiger partial charge in [-0.05, 0) is 12.0 Å². The predicted octanol–water partition coefficient (Wildman–Crippen LogP) is 0.699. The summed E-state index contributed by atoms with van der Waals surface area (Å²) in [5.74, 6) is -1.81. The summed E-state index contributed by atoms with van der Waals surface area (Å²) in [6, 6.07) is 7.39. The van der Waals surface area contributed by atoms with Crippen LogP contribution in [0.4, 0.5) is 0 Å². The molecule has 0 bridgehead atoms. The molecule has 0 saturated heterocycles. The molecular formula is C12H15NO4. The summed E-state index contributed by atoms with van der Waals surface area (Å²) in [7, 11) is 0. The van der Waals surface area contributed by atoms with Crippen molar-refractivity contribution in [3.05, 3.63) is 35.9 Å². The van der Waals surface area contributed by atoms with E-state index in [4.69, 9.17) is 5.11 Å². The fraction of sp³-hybridized carbons (Fsp3) is 0.333. The van der Waals surface area contributed by atoms with Gasteiger partial charge in [-0.3, -0.25) is 4.79 Å². The smallest absolute Gasteiger partial charge is 0.326 e. The van der Waals surface area contributed by atoms with Gasteiger partial charge in [-0.2, -0.15) is 0 Å². The number of carbonyl (C=O) groups excluding carboxylic acids is 1. The minimum absolute atomic E-state index is 0.266. The minimum Gasteiger partial charge on any atom is -0.480 e. The van der Waals surface area contributed by atoms with Crippen molar-refractivity contribution in [3.8, 4) is 0 Å². The number of benzene rings is 1. The summed E-state index contributed by atoms with van der Waals surface area (Å²) < 4.78 is 0. The van der Waals surface area contributed by atoms with E-state index in [9.17, 15) is 14.7 Å². The Morgan fingerprint density at radius 3 is 2.35 bits per heavy atom. The molecule has 0 aromatic heterocycles. The van der Waals surface area contributed by atoms with E-state index in [2.05, 4.69) is 5.32 Å². The fourth-order valence-electron chi connectivity index (χ4n) is 1.38. The number of amides is 1. The molecule has 0 heterocycles. The molecule has 1 aromatic rings. The second-order valence-electron chi connectivity index (χ2n) is 3.62. The fourth-order valence-corrected chi connectivity index (χ4v) is 1.38. The number of hydrogen-bond donors (Lipinski definition) is 3. The van der Waals surface area contributed by atoms with Crippen LogP contribution >= 0.6 is 0 Å². The van der Waals surface area contributed by atoms with Crippen LogP contribution in [0.15, 0.2) is 30.3 Å². The Hall–Kier alpha value is -1.88. The molecule has 92 valence electrons. The lowest BCUT2D eigenvalue weighted by molar-refractivity contribution is -0.143. The lowest BCUT2D eigenvalue weighted by Crippen LogP contribution is -2.42. The van der Waals surface area contributed by atoms with Gasteiger partial charge in [0.1, 0.15) is 6.04 Å². The zero-order chi connectivity index (χ0) is 12.8. The molecule has 0 radical (unpaired) electrons. The highest BCUT2D eigenvalue weighted by molar-refractivity contribution is 5.86. The van der Waals surface area contributed by atoms with E-state index >= 15 is 0 Å². The van der Waals surface area contributed by atoms with Crippen molar-refractivity contribution in [3.63, 3.8) is 0 Å². The molecular weight excluding hydrogens is 222 g/mol. The molecule has 0 fully saturated rings. The Bertz CT molecular complexity index is 391. The van der Waals surface area contributed by atoms with Gasteiger partial charge in [-0.25, -0.2) is 4.79 Å². The van der Waals surface area contributed by atoms with Gasteiger partial charge in [0.05, 0.1) is 0 Å². The average molecular weight is 237 g/mol. The maximum absolute atomic E-state index is 11.6. The monoisotopic (exact) mass is 237 g/mol. The summed E-state index contributed by atoms with van der Waals surface area (Å²) in [4.78, 5) is 22.3. The highest BCUT2D eigenvalue weighted by atomic mass is 16.4. The number of nitrogens with one attached hydrogen (secondary N) is 1. The molecule has 0 saturated carbocycles. The number of rotatable bonds is 5. The standard InChI is InChI=1S/C12H15NO4/c1-2-9(12(16)17)13-11(15)10(14)8-6-4-3-5-7-8/h3-7,9-10,14H,2H2,1H3,(H,13,15)(H,16,17)/t9-,10?/m0/s1. The van der Waals surface area contributed by atoms with Crippen LogP contribution in [0.3, 0.4) is 0 Å². The Balaban J connectivity index is 2.68. The van der Waals surface area contributed by atoms with Crippen molar-refractivity contribution in [2.45, 2.75) is 25.5 Å². The Morgan fingerprint density at radius 2 is 1.88 bits per heavy atom. The third-order valence-corrected chi connectivity index (χ3v) is 2.39. The first-order valence-corrected chi connectivity index (χ1v) is 5.32. The molecule has 2 atom stereocenters. The zero-order valence-corrected chi connectivity index (χ0v) is 9.46. The summed E-state index contributed by atoms with van der Waals surface area (Å²) in [6.45, 7) is 1.65. The molecule has 0 aliphatic carbocycles. The van der Waals surface area contributed by atoms with E-state index in [1.807, 2.05) is 0 Å². The quantitative estimate of drug-likeness (QED) is 0.703. The van der Waals surface area contributed by atoms with E-state index in [1.165, 1.54) is 0 Å². The van der Waals surface area contributed by atoms with Gasteiger partial charge in [-0.1, -0.05) is 37.3 Å². The molecule has 17 heavy (non-hydrogen) atoms. The topological polar surface area (TPSA) is 86.6 Å². The van der Waals surface area contributed by atoms with Crippen molar-refractivity contribution in [1.29, 1.82) is 0 Å². The lowest BCUT2D eigenvalue weighted by atomic mass is 10.1. The van der Waals surface area contributed by atoms with Crippen LogP contribution in [0.1, 0.15) is 25.0 Å². The summed E-state index contributed by atoms with van der Waals surface area (Å²) >= 11 is 0. The van der Waals surface area contributed by atoms with E-state index in [-0.39, 0.29) is 6.42 Å². The van der Waals surface area contributed by atoms with E-state index < -0.39 is 24.0 Å². The molecule has 5 heteroatoms. The third-order valence-electron chi connectivity index (χ3n) is 2.39. The van der Waals surface area contributed by atoms with Gasteiger partial charge in [0.2, 0.25) is 0 Å². The first-order chi connectivity index (χ1) is 8.06. The van der Waals surface area contributed by atoms with Crippen molar-refractivity contribution in [2.24, 2.45) is 0 Å². The Morgan fingerprint density at radius 1 is 1.29 bits per heavy atom. The van der Waals surface area contributed by atoms with Crippen LogP contribution in [-0.4, -0.2) is 28.1 Å². The van der Waals surface area contributed by atoms with Crippen molar-refractivity contribution < 1.29 is 19.8 Å². The molecule has 0 aliphatic rings. The molecule has 1 aromatic carbocycles. The van der Waals surface area contributed by atoms with Gasteiger partial charge < -0.3 is 15.5 Å². The SMILES string of the molecule is CC[C@H](NC(=O)C(O)c1ccccc1)C(=O)O. The van der Waals surface area contributed by atoms with E-state index in [1.54, 1.807) is 37.3 Å². The molecule has 5 nitrogen and oxygen atoms in total. The number of carbonyl (C=O) groups is 2. The molecule has 1 amide bonds. The van der Waals surface area contributed by atoms with E-state index in [0.29, 0.717) is 5.56 Å². The summed E-state index contributed by atoms with van der Waals surface area (Å²) in [6.07, 6.45) is -1.08. The number of carboxylic acids is 1. The minimum atomic E-state index is -1.34. The van der Waals surface area contributed by atoms with Crippen LogP contribution in [0.25, 0.3) is 0 Å². The average Bonchev–Trinajstić information content (AvgIpc) is 2.35. The first-order valence-electron chi connectivity index (χ1n) is 5.32. The summed E-state index contributed by atoms with van der Waals surface area (Å²) in [5, 5.41) is 20.8. The Labute approximate surface area is 99.1 Å². The normalized spacial score (nSPS) is 13.8. The van der Waals surface area contributed by atoms with E-state index in [0.717, 1.165) is 0 Å². The molecule has 3 N–H and O–H groups in total. The van der Waals surface area contributed by atoms with Crippen molar-refractivity contribution >= 4 is 11.9 Å². The van der Waals surface area contributed by atoms with Crippen LogP contribution in [0.2, 0.25) is 0 Å². The number of aliphatic hydroxyl groups is 1. The van der Waals surface area contributed by atoms with Gasteiger partial charge in [0.15, 0.2) is 6.10 Å². The van der Waals surface area contributed by atoms with Crippen LogP contribution in [-0.2, 0) is 9.59 Å². The largest absolute Gasteiger partial charge is 0.480 e. The highest BCUT2D eigenvalue weighted by Gasteiger charge is 2.23.